The predicted molar refractivity (Wildman–Crippen MR) is 222 cm³/mol. The van der Waals surface area contributed by atoms with Crippen LogP contribution in [0, 0.1) is 0 Å². The third-order valence-electron chi connectivity index (χ3n) is 9.72. The molecule has 9 rings (SSSR count). The number of anilines is 3. The molecule has 0 aliphatic rings. The lowest BCUT2D eigenvalue weighted by atomic mass is 9.89. The molecule has 0 saturated heterocycles. The van der Waals surface area contributed by atoms with Gasteiger partial charge in [0.25, 0.3) is 0 Å². The van der Waals surface area contributed by atoms with E-state index in [-0.39, 0.29) is 0 Å². The van der Waals surface area contributed by atoms with Gasteiger partial charge >= 0.3 is 0 Å². The highest BCUT2D eigenvalue weighted by molar-refractivity contribution is 5.92. The molecular formula is C50H35N3O. The molecule has 4 heteroatoms. The van der Waals surface area contributed by atoms with E-state index in [0.29, 0.717) is 11.8 Å². The van der Waals surface area contributed by atoms with Gasteiger partial charge in [0.15, 0.2) is 0 Å². The standard InChI is InChI=1S/C50H35N3O/c1-4-14-36(15-5-1)37-28-32-43(33-29-37)53(42-18-8-3-9-19-42)44-34-30-39(31-35-44)46-21-11-13-23-48(46)47-22-12-10-20-45(47)38-24-26-41(27-25-38)50-52-51-49(54-50)40-16-6-2-7-17-40/h1-35H. The Balaban J connectivity index is 1.02. The highest BCUT2D eigenvalue weighted by Crippen LogP contribution is 2.41. The van der Waals surface area contributed by atoms with Crippen molar-refractivity contribution >= 4 is 17.1 Å². The minimum absolute atomic E-state index is 0.498. The van der Waals surface area contributed by atoms with E-state index in [9.17, 15) is 0 Å². The summed E-state index contributed by atoms with van der Waals surface area (Å²) in [6.07, 6.45) is 0. The first-order valence-corrected chi connectivity index (χ1v) is 18.1. The van der Waals surface area contributed by atoms with Crippen LogP contribution in [0.15, 0.2) is 217 Å². The van der Waals surface area contributed by atoms with Crippen LogP contribution in [0.25, 0.3) is 67.4 Å². The second-order valence-corrected chi connectivity index (χ2v) is 13.1. The van der Waals surface area contributed by atoms with Crippen molar-refractivity contribution in [3.63, 3.8) is 0 Å². The Labute approximate surface area is 315 Å². The van der Waals surface area contributed by atoms with Gasteiger partial charge in [-0.15, -0.1) is 10.2 Å². The lowest BCUT2D eigenvalue weighted by Gasteiger charge is -2.26. The van der Waals surface area contributed by atoms with Crippen LogP contribution in [0.5, 0.6) is 0 Å². The van der Waals surface area contributed by atoms with Gasteiger partial charge in [-0.05, 0) is 105 Å². The Kier molecular flexibility index (Phi) is 8.90. The second-order valence-electron chi connectivity index (χ2n) is 13.1. The van der Waals surface area contributed by atoms with Crippen molar-refractivity contribution < 1.29 is 4.42 Å². The van der Waals surface area contributed by atoms with Crippen molar-refractivity contribution in [1.82, 2.24) is 10.2 Å². The molecule has 0 radical (unpaired) electrons. The van der Waals surface area contributed by atoms with Crippen LogP contribution in [0.2, 0.25) is 0 Å². The Morgan fingerprint density at radius 3 is 1.07 bits per heavy atom. The number of rotatable bonds is 9. The smallest absolute Gasteiger partial charge is 0.248 e. The molecule has 9 aromatic rings. The molecule has 0 N–H and O–H groups in total. The predicted octanol–water partition coefficient (Wildman–Crippen LogP) is 13.5. The summed E-state index contributed by atoms with van der Waals surface area (Å²) < 4.78 is 6.03. The van der Waals surface area contributed by atoms with Crippen LogP contribution >= 0.6 is 0 Å². The number of nitrogens with zero attached hydrogens (tertiary/aromatic N) is 3. The molecule has 1 heterocycles. The van der Waals surface area contributed by atoms with Crippen LogP contribution in [0.1, 0.15) is 0 Å². The Bertz CT molecular complexity index is 2620. The number of hydrogen-bond acceptors (Lipinski definition) is 4. The maximum absolute atomic E-state index is 6.03. The van der Waals surface area contributed by atoms with Gasteiger partial charge < -0.3 is 9.32 Å². The van der Waals surface area contributed by atoms with Crippen molar-refractivity contribution in [2.45, 2.75) is 0 Å². The first-order valence-electron chi connectivity index (χ1n) is 18.1. The van der Waals surface area contributed by atoms with Gasteiger partial charge in [0.2, 0.25) is 11.8 Å². The lowest BCUT2D eigenvalue weighted by Crippen LogP contribution is -2.09. The highest BCUT2D eigenvalue weighted by atomic mass is 16.4. The average molecular weight is 694 g/mol. The zero-order valence-corrected chi connectivity index (χ0v) is 29.5. The van der Waals surface area contributed by atoms with E-state index in [2.05, 4.69) is 185 Å². The number of hydrogen-bond donors (Lipinski definition) is 0. The molecule has 0 amide bonds. The third kappa shape index (κ3) is 6.60. The van der Waals surface area contributed by atoms with Gasteiger partial charge in [0.1, 0.15) is 0 Å². The average Bonchev–Trinajstić information content (AvgIpc) is 3.76. The van der Waals surface area contributed by atoms with E-state index in [1.807, 2.05) is 42.5 Å². The number of para-hydroxylation sites is 1. The molecule has 8 aromatic carbocycles. The molecule has 0 spiro atoms. The molecule has 4 nitrogen and oxygen atoms in total. The fraction of sp³-hybridized carbons (Fsp3) is 0. The zero-order valence-electron chi connectivity index (χ0n) is 29.5. The van der Waals surface area contributed by atoms with Crippen molar-refractivity contribution in [3.8, 4) is 67.4 Å². The SMILES string of the molecule is c1ccc(-c2ccc(N(c3ccccc3)c3ccc(-c4ccccc4-c4ccccc4-c4ccc(-c5nnc(-c6ccccc6)o5)cc4)cc3)cc2)cc1. The molecule has 0 bridgehead atoms. The topological polar surface area (TPSA) is 42.2 Å². The Morgan fingerprint density at radius 2 is 0.574 bits per heavy atom. The summed E-state index contributed by atoms with van der Waals surface area (Å²) in [7, 11) is 0. The van der Waals surface area contributed by atoms with E-state index >= 15 is 0 Å². The van der Waals surface area contributed by atoms with Crippen molar-refractivity contribution in [2.24, 2.45) is 0 Å². The number of aromatic nitrogens is 2. The quantitative estimate of drug-likeness (QED) is 0.151. The summed E-state index contributed by atoms with van der Waals surface area (Å²) >= 11 is 0. The number of benzene rings is 8. The van der Waals surface area contributed by atoms with Crippen molar-refractivity contribution in [1.29, 1.82) is 0 Å². The molecule has 0 atom stereocenters. The molecule has 0 fully saturated rings. The first-order chi connectivity index (χ1) is 26.8. The van der Waals surface area contributed by atoms with E-state index in [0.717, 1.165) is 44.9 Å². The van der Waals surface area contributed by atoms with Crippen LogP contribution < -0.4 is 4.90 Å². The van der Waals surface area contributed by atoms with Gasteiger partial charge in [-0.3, -0.25) is 0 Å². The summed E-state index contributed by atoms with van der Waals surface area (Å²) in [6.45, 7) is 0. The molecule has 54 heavy (non-hydrogen) atoms. The van der Waals surface area contributed by atoms with Gasteiger partial charge in [-0.25, -0.2) is 0 Å². The minimum Gasteiger partial charge on any atom is -0.416 e. The Hall–Kier alpha value is -7.30. The molecule has 0 saturated carbocycles. The summed E-state index contributed by atoms with van der Waals surface area (Å²) in [4.78, 5) is 2.31. The Morgan fingerprint density at radius 1 is 0.259 bits per heavy atom. The molecule has 0 aliphatic carbocycles. The lowest BCUT2D eigenvalue weighted by molar-refractivity contribution is 0.584. The fourth-order valence-corrected chi connectivity index (χ4v) is 7.02. The second kappa shape index (κ2) is 14.7. The summed E-state index contributed by atoms with van der Waals surface area (Å²) in [6, 6.07) is 74.2. The van der Waals surface area contributed by atoms with Gasteiger partial charge in [0, 0.05) is 28.2 Å². The normalized spacial score (nSPS) is 11.0. The van der Waals surface area contributed by atoms with Crippen LogP contribution in [-0.2, 0) is 0 Å². The zero-order chi connectivity index (χ0) is 36.1. The molecule has 0 aliphatic heterocycles. The van der Waals surface area contributed by atoms with Gasteiger partial charge in [0.05, 0.1) is 0 Å². The monoisotopic (exact) mass is 693 g/mol. The molecular weight excluding hydrogens is 659 g/mol. The summed E-state index contributed by atoms with van der Waals surface area (Å²) in [5, 5.41) is 8.60. The minimum atomic E-state index is 0.498. The largest absolute Gasteiger partial charge is 0.416 e. The van der Waals surface area contributed by atoms with Gasteiger partial charge in [-0.1, -0.05) is 152 Å². The van der Waals surface area contributed by atoms with Crippen LogP contribution in [0.3, 0.4) is 0 Å². The van der Waals surface area contributed by atoms with E-state index < -0.39 is 0 Å². The molecule has 0 unspecified atom stereocenters. The summed E-state index contributed by atoms with van der Waals surface area (Å²) in [5.41, 5.74) is 14.4. The maximum Gasteiger partial charge on any atom is 0.248 e. The van der Waals surface area contributed by atoms with Crippen molar-refractivity contribution in [2.75, 3.05) is 4.90 Å². The van der Waals surface area contributed by atoms with E-state index in [1.54, 1.807) is 0 Å². The van der Waals surface area contributed by atoms with Crippen LogP contribution in [0.4, 0.5) is 17.1 Å². The third-order valence-corrected chi connectivity index (χ3v) is 9.72. The fourth-order valence-electron chi connectivity index (χ4n) is 7.02. The first kappa shape index (κ1) is 32.6. The van der Waals surface area contributed by atoms with E-state index in [1.165, 1.54) is 27.8 Å². The van der Waals surface area contributed by atoms with Crippen LogP contribution in [-0.4, -0.2) is 10.2 Å². The summed E-state index contributed by atoms with van der Waals surface area (Å²) in [5.74, 6) is 1.01. The van der Waals surface area contributed by atoms with Crippen molar-refractivity contribution in [3.05, 3.63) is 212 Å². The van der Waals surface area contributed by atoms with Gasteiger partial charge in [-0.2, -0.15) is 0 Å². The highest BCUT2D eigenvalue weighted by Gasteiger charge is 2.16. The molecule has 1 aromatic heterocycles. The molecule has 256 valence electrons. The maximum atomic E-state index is 6.03. The van der Waals surface area contributed by atoms with E-state index in [4.69, 9.17) is 4.42 Å².